The fourth-order valence-corrected chi connectivity index (χ4v) is 2.97. The first-order valence-corrected chi connectivity index (χ1v) is 9.67. The van der Waals surface area contributed by atoms with Crippen molar-refractivity contribution in [1.29, 1.82) is 0 Å². The van der Waals surface area contributed by atoms with Gasteiger partial charge in [-0.05, 0) is 39.3 Å². The van der Waals surface area contributed by atoms with Crippen molar-refractivity contribution in [1.82, 2.24) is 20.9 Å². The second-order valence-corrected chi connectivity index (χ2v) is 7.79. The molecular formula is C20H30FN5O3. The summed E-state index contributed by atoms with van der Waals surface area (Å²) in [5.74, 6) is -0.323. The Labute approximate surface area is 170 Å². The van der Waals surface area contributed by atoms with E-state index in [0.29, 0.717) is 25.6 Å². The van der Waals surface area contributed by atoms with E-state index in [1.807, 2.05) is 25.7 Å². The summed E-state index contributed by atoms with van der Waals surface area (Å²) in [6.07, 6.45) is 0.354. The maximum atomic E-state index is 13.6. The number of hydrogen-bond donors (Lipinski definition) is 3. The zero-order valence-corrected chi connectivity index (χ0v) is 17.4. The first kappa shape index (κ1) is 22.4. The molecule has 2 amide bonds. The second kappa shape index (κ2) is 10.1. The number of benzene rings is 1. The molecule has 0 aliphatic carbocycles. The Hall–Kier alpha value is -2.84. The van der Waals surface area contributed by atoms with Crippen molar-refractivity contribution >= 4 is 18.0 Å². The van der Waals surface area contributed by atoms with E-state index in [0.717, 1.165) is 13.0 Å². The van der Waals surface area contributed by atoms with Gasteiger partial charge >= 0.3 is 6.09 Å². The fraction of sp³-hybridized carbons (Fsp3) is 0.550. The van der Waals surface area contributed by atoms with Gasteiger partial charge in [-0.2, -0.15) is 0 Å². The minimum absolute atomic E-state index is 0.0208. The zero-order valence-electron chi connectivity index (χ0n) is 17.4. The summed E-state index contributed by atoms with van der Waals surface area (Å²) < 4.78 is 18.9. The minimum atomic E-state index is -0.547. The summed E-state index contributed by atoms with van der Waals surface area (Å²) in [5.41, 5.74) is -0.514. The first-order chi connectivity index (χ1) is 13.7. The molecule has 1 aromatic carbocycles. The second-order valence-electron chi connectivity index (χ2n) is 7.79. The summed E-state index contributed by atoms with van der Waals surface area (Å²) in [6.45, 7) is 7.58. The van der Waals surface area contributed by atoms with Crippen LogP contribution in [0.25, 0.3) is 0 Å². The molecule has 1 atom stereocenters. The number of guanidine groups is 1. The van der Waals surface area contributed by atoms with Crippen molar-refractivity contribution in [2.75, 3.05) is 33.2 Å². The third-order valence-electron chi connectivity index (χ3n) is 4.23. The monoisotopic (exact) mass is 407 g/mol. The summed E-state index contributed by atoms with van der Waals surface area (Å²) in [7, 11) is 1.68. The predicted octanol–water partition coefficient (Wildman–Crippen LogP) is 1.73. The van der Waals surface area contributed by atoms with Crippen molar-refractivity contribution in [3.63, 3.8) is 0 Å². The molecule has 1 heterocycles. The first-order valence-electron chi connectivity index (χ1n) is 9.67. The summed E-state index contributed by atoms with van der Waals surface area (Å²) in [5, 5.41) is 8.72. The summed E-state index contributed by atoms with van der Waals surface area (Å²) >= 11 is 0. The smallest absolute Gasteiger partial charge is 0.407 e. The van der Waals surface area contributed by atoms with Gasteiger partial charge in [0.15, 0.2) is 5.96 Å². The Morgan fingerprint density at radius 2 is 1.93 bits per heavy atom. The molecule has 0 radical (unpaired) electrons. The number of halogens is 1. The molecule has 1 aliphatic heterocycles. The number of aliphatic imine (C=N–C) groups is 1. The van der Waals surface area contributed by atoms with E-state index in [-0.39, 0.29) is 11.6 Å². The van der Waals surface area contributed by atoms with Crippen molar-refractivity contribution in [3.05, 3.63) is 35.6 Å². The number of carbonyl (C=O) groups excluding carboxylic acids is 2. The molecule has 0 saturated carbocycles. The van der Waals surface area contributed by atoms with Crippen molar-refractivity contribution in [2.24, 2.45) is 4.99 Å². The maximum absolute atomic E-state index is 13.6. The van der Waals surface area contributed by atoms with Gasteiger partial charge in [-0.15, -0.1) is 0 Å². The Kier molecular flexibility index (Phi) is 7.81. The van der Waals surface area contributed by atoms with E-state index in [2.05, 4.69) is 20.9 Å². The van der Waals surface area contributed by atoms with Crippen LogP contribution in [0.3, 0.4) is 0 Å². The highest BCUT2D eigenvalue weighted by atomic mass is 19.1. The molecule has 1 fully saturated rings. The van der Waals surface area contributed by atoms with E-state index in [1.54, 1.807) is 19.2 Å². The van der Waals surface area contributed by atoms with Crippen LogP contribution in [0.2, 0.25) is 0 Å². The molecule has 1 saturated heterocycles. The molecule has 0 aromatic heterocycles. The van der Waals surface area contributed by atoms with E-state index in [4.69, 9.17) is 4.74 Å². The van der Waals surface area contributed by atoms with Crippen LogP contribution in [0.1, 0.15) is 37.6 Å². The number of carbonyl (C=O) groups is 2. The van der Waals surface area contributed by atoms with Crippen LogP contribution >= 0.6 is 0 Å². The van der Waals surface area contributed by atoms with E-state index < -0.39 is 23.4 Å². The van der Waals surface area contributed by atoms with E-state index in [9.17, 15) is 14.0 Å². The van der Waals surface area contributed by atoms with Crippen molar-refractivity contribution < 1.29 is 18.7 Å². The predicted molar refractivity (Wildman–Crippen MR) is 109 cm³/mol. The van der Waals surface area contributed by atoms with Crippen LogP contribution in [0, 0.1) is 5.82 Å². The molecule has 2 rings (SSSR count). The average molecular weight is 407 g/mol. The number of likely N-dealkylation sites (tertiary alicyclic amines) is 1. The normalized spacial score (nSPS) is 17.1. The van der Waals surface area contributed by atoms with Gasteiger partial charge in [0.05, 0.1) is 11.6 Å². The van der Waals surface area contributed by atoms with Crippen LogP contribution in [0.15, 0.2) is 29.3 Å². The highest BCUT2D eigenvalue weighted by Gasteiger charge is 2.27. The van der Waals surface area contributed by atoms with Crippen LogP contribution in [-0.2, 0) is 4.74 Å². The summed E-state index contributed by atoms with van der Waals surface area (Å²) in [4.78, 5) is 30.2. The molecule has 160 valence electrons. The van der Waals surface area contributed by atoms with Gasteiger partial charge in [-0.3, -0.25) is 9.79 Å². The standard InChI is InChI=1S/C20H30FN5O3/c1-20(2,3)29-19(28)25-14-9-12-26(13-14)18(22-4)24-11-10-23-17(27)15-7-5-6-8-16(15)21/h5-8,14H,9-13H2,1-4H3,(H,22,24)(H,23,27)(H,25,28)/t14-/m1/s1. The lowest BCUT2D eigenvalue weighted by atomic mass is 10.2. The highest BCUT2D eigenvalue weighted by molar-refractivity contribution is 5.94. The lowest BCUT2D eigenvalue weighted by molar-refractivity contribution is 0.0507. The fourth-order valence-electron chi connectivity index (χ4n) is 2.97. The average Bonchev–Trinajstić information content (AvgIpc) is 3.08. The number of alkyl carbamates (subject to hydrolysis) is 1. The van der Waals surface area contributed by atoms with E-state index >= 15 is 0 Å². The number of nitrogens with zero attached hydrogens (tertiary/aromatic N) is 2. The molecule has 3 N–H and O–H groups in total. The molecule has 0 spiro atoms. The van der Waals surface area contributed by atoms with Gasteiger partial charge in [-0.1, -0.05) is 12.1 Å². The lowest BCUT2D eigenvalue weighted by Crippen LogP contribution is -2.45. The molecule has 8 nitrogen and oxygen atoms in total. The van der Waals surface area contributed by atoms with Crippen molar-refractivity contribution in [2.45, 2.75) is 38.8 Å². The SMILES string of the molecule is CN=C(NCCNC(=O)c1ccccc1F)N1CC[C@@H](NC(=O)OC(C)(C)C)C1. The van der Waals surface area contributed by atoms with Gasteiger partial charge < -0.3 is 25.6 Å². The van der Waals surface area contributed by atoms with E-state index in [1.165, 1.54) is 12.1 Å². The van der Waals surface area contributed by atoms with Gasteiger partial charge in [-0.25, -0.2) is 9.18 Å². The molecule has 0 unspecified atom stereocenters. The third kappa shape index (κ3) is 7.24. The topological polar surface area (TPSA) is 95.1 Å². The Balaban J connectivity index is 1.73. The maximum Gasteiger partial charge on any atom is 0.407 e. The Morgan fingerprint density at radius 3 is 2.59 bits per heavy atom. The molecule has 29 heavy (non-hydrogen) atoms. The van der Waals surface area contributed by atoms with Gasteiger partial charge in [0.1, 0.15) is 11.4 Å². The van der Waals surface area contributed by atoms with Crippen LogP contribution in [0.4, 0.5) is 9.18 Å². The number of amides is 2. The third-order valence-corrected chi connectivity index (χ3v) is 4.23. The zero-order chi connectivity index (χ0) is 21.4. The molecule has 0 bridgehead atoms. The van der Waals surface area contributed by atoms with Crippen molar-refractivity contribution in [3.8, 4) is 0 Å². The number of rotatable bonds is 5. The molecule has 9 heteroatoms. The highest BCUT2D eigenvalue weighted by Crippen LogP contribution is 2.12. The molecule has 1 aliphatic rings. The largest absolute Gasteiger partial charge is 0.444 e. The molecular weight excluding hydrogens is 377 g/mol. The van der Waals surface area contributed by atoms with Gasteiger partial charge in [0, 0.05) is 33.2 Å². The van der Waals surface area contributed by atoms with Crippen LogP contribution in [-0.4, -0.2) is 67.7 Å². The minimum Gasteiger partial charge on any atom is -0.444 e. The van der Waals surface area contributed by atoms with Crippen LogP contribution in [0.5, 0.6) is 0 Å². The van der Waals surface area contributed by atoms with Gasteiger partial charge in [0.2, 0.25) is 0 Å². The number of hydrogen-bond acceptors (Lipinski definition) is 4. The molecule has 1 aromatic rings. The quantitative estimate of drug-likeness (QED) is 0.393. The van der Waals surface area contributed by atoms with Crippen LogP contribution < -0.4 is 16.0 Å². The number of nitrogens with one attached hydrogen (secondary N) is 3. The van der Waals surface area contributed by atoms with Gasteiger partial charge in [0.25, 0.3) is 5.91 Å². The Bertz CT molecular complexity index is 748. The Morgan fingerprint density at radius 1 is 1.24 bits per heavy atom. The number of ether oxygens (including phenoxy) is 1. The summed E-state index contributed by atoms with van der Waals surface area (Å²) in [6, 6.07) is 5.83. The lowest BCUT2D eigenvalue weighted by Gasteiger charge is -2.23.